The number of hydrogen-bond donors (Lipinski definition) is 0. The average molecular weight is 233 g/mol. The smallest absolute Gasteiger partial charge is 0.0577 e. The van der Waals surface area contributed by atoms with E-state index in [4.69, 9.17) is 16.3 Å². The Morgan fingerprint density at radius 1 is 1.33 bits per heavy atom. The standard InChI is InChI=1S/C13H25ClO/c1-11(6-8-14)7-9-15-13-5-3-4-12(2)10-13/h11-13H,3-10H2,1-2H3. The van der Waals surface area contributed by atoms with E-state index in [-0.39, 0.29) is 0 Å². The molecule has 1 aliphatic rings. The normalized spacial score (nSPS) is 29.0. The van der Waals surface area contributed by atoms with Gasteiger partial charge in [-0.15, -0.1) is 11.6 Å². The molecule has 1 saturated carbocycles. The van der Waals surface area contributed by atoms with Crippen LogP contribution in [0.4, 0.5) is 0 Å². The first kappa shape index (κ1) is 13.3. The zero-order valence-corrected chi connectivity index (χ0v) is 10.9. The third kappa shape index (κ3) is 5.77. The Morgan fingerprint density at radius 3 is 2.80 bits per heavy atom. The Balaban J connectivity index is 2.03. The second kappa shape index (κ2) is 7.51. The van der Waals surface area contributed by atoms with Crippen molar-refractivity contribution in [3.63, 3.8) is 0 Å². The van der Waals surface area contributed by atoms with Crippen LogP contribution in [-0.4, -0.2) is 18.6 Å². The molecule has 0 aliphatic heterocycles. The van der Waals surface area contributed by atoms with Crippen LogP contribution in [0.25, 0.3) is 0 Å². The van der Waals surface area contributed by atoms with Gasteiger partial charge in [-0.25, -0.2) is 0 Å². The molecule has 1 rings (SSSR count). The van der Waals surface area contributed by atoms with Crippen LogP contribution < -0.4 is 0 Å². The van der Waals surface area contributed by atoms with Gasteiger partial charge in [0.25, 0.3) is 0 Å². The molecule has 0 spiro atoms. The predicted octanol–water partition coefficient (Wildman–Crippen LogP) is 4.24. The van der Waals surface area contributed by atoms with Crippen molar-refractivity contribution in [1.29, 1.82) is 0 Å². The zero-order valence-electron chi connectivity index (χ0n) is 10.2. The molecule has 3 atom stereocenters. The monoisotopic (exact) mass is 232 g/mol. The summed E-state index contributed by atoms with van der Waals surface area (Å²) < 4.78 is 5.93. The van der Waals surface area contributed by atoms with E-state index < -0.39 is 0 Å². The third-order valence-corrected chi connectivity index (χ3v) is 3.67. The highest BCUT2D eigenvalue weighted by molar-refractivity contribution is 6.17. The van der Waals surface area contributed by atoms with E-state index in [9.17, 15) is 0 Å². The van der Waals surface area contributed by atoms with Gasteiger partial charge < -0.3 is 4.74 Å². The highest BCUT2D eigenvalue weighted by atomic mass is 35.5. The zero-order chi connectivity index (χ0) is 11.1. The summed E-state index contributed by atoms with van der Waals surface area (Å²) in [6.07, 6.45) is 8.10. The van der Waals surface area contributed by atoms with Gasteiger partial charge in [-0.1, -0.05) is 26.7 Å². The van der Waals surface area contributed by atoms with Gasteiger partial charge in [0, 0.05) is 12.5 Å². The fourth-order valence-electron chi connectivity index (χ4n) is 2.30. The maximum Gasteiger partial charge on any atom is 0.0577 e. The summed E-state index contributed by atoms with van der Waals surface area (Å²) in [6, 6.07) is 0. The minimum absolute atomic E-state index is 0.539. The second-order valence-electron chi connectivity index (χ2n) is 5.14. The number of rotatable bonds is 6. The summed E-state index contributed by atoms with van der Waals surface area (Å²) in [6.45, 7) is 5.52. The van der Waals surface area contributed by atoms with Gasteiger partial charge >= 0.3 is 0 Å². The molecule has 0 aromatic carbocycles. The molecule has 0 N–H and O–H groups in total. The van der Waals surface area contributed by atoms with Crippen molar-refractivity contribution >= 4 is 11.6 Å². The number of ether oxygens (including phenoxy) is 1. The molecule has 0 heterocycles. The van der Waals surface area contributed by atoms with Gasteiger partial charge in [0.2, 0.25) is 0 Å². The van der Waals surface area contributed by atoms with Crippen LogP contribution >= 0.6 is 11.6 Å². The van der Waals surface area contributed by atoms with Gasteiger partial charge in [0.1, 0.15) is 0 Å². The predicted molar refractivity (Wildman–Crippen MR) is 66.5 cm³/mol. The highest BCUT2D eigenvalue weighted by Gasteiger charge is 2.19. The lowest BCUT2D eigenvalue weighted by Gasteiger charge is -2.27. The van der Waals surface area contributed by atoms with Crippen molar-refractivity contribution in [3.8, 4) is 0 Å². The van der Waals surface area contributed by atoms with Crippen LogP contribution in [0.1, 0.15) is 52.4 Å². The molecule has 3 unspecified atom stereocenters. The molecule has 1 nitrogen and oxygen atoms in total. The van der Waals surface area contributed by atoms with E-state index in [1.807, 2.05) is 0 Å². The minimum atomic E-state index is 0.539. The molecule has 0 bridgehead atoms. The summed E-state index contributed by atoms with van der Waals surface area (Å²) in [5.41, 5.74) is 0. The molecule has 0 aromatic heterocycles. The minimum Gasteiger partial charge on any atom is -0.378 e. The van der Waals surface area contributed by atoms with Gasteiger partial charge in [0.05, 0.1) is 6.10 Å². The van der Waals surface area contributed by atoms with E-state index in [2.05, 4.69) is 13.8 Å². The van der Waals surface area contributed by atoms with Crippen LogP contribution in [0.2, 0.25) is 0 Å². The van der Waals surface area contributed by atoms with Crippen LogP contribution in [0.3, 0.4) is 0 Å². The van der Waals surface area contributed by atoms with Crippen LogP contribution in [-0.2, 0) is 4.74 Å². The van der Waals surface area contributed by atoms with Crippen molar-refractivity contribution in [3.05, 3.63) is 0 Å². The van der Waals surface area contributed by atoms with Crippen molar-refractivity contribution in [2.75, 3.05) is 12.5 Å². The second-order valence-corrected chi connectivity index (χ2v) is 5.51. The van der Waals surface area contributed by atoms with E-state index in [0.29, 0.717) is 12.0 Å². The van der Waals surface area contributed by atoms with Crippen molar-refractivity contribution < 1.29 is 4.74 Å². The molecule has 90 valence electrons. The molecule has 0 saturated heterocycles. The molecule has 2 heteroatoms. The van der Waals surface area contributed by atoms with Crippen LogP contribution in [0, 0.1) is 11.8 Å². The fraction of sp³-hybridized carbons (Fsp3) is 1.00. The van der Waals surface area contributed by atoms with Crippen molar-refractivity contribution in [2.24, 2.45) is 11.8 Å². The third-order valence-electron chi connectivity index (χ3n) is 3.45. The first-order valence-corrected chi connectivity index (χ1v) is 6.93. The summed E-state index contributed by atoms with van der Waals surface area (Å²) in [5.74, 6) is 2.36. The maximum absolute atomic E-state index is 5.93. The molecular formula is C13H25ClO. The first-order valence-electron chi connectivity index (χ1n) is 6.40. The Hall–Kier alpha value is 0.250. The Labute approximate surface area is 99.5 Å². The van der Waals surface area contributed by atoms with Gasteiger partial charge in [-0.2, -0.15) is 0 Å². The Bertz CT molecular complexity index is 161. The lowest BCUT2D eigenvalue weighted by atomic mass is 9.89. The Morgan fingerprint density at radius 2 is 2.13 bits per heavy atom. The van der Waals surface area contributed by atoms with E-state index >= 15 is 0 Å². The molecule has 0 aromatic rings. The molecule has 0 amide bonds. The topological polar surface area (TPSA) is 9.23 Å². The van der Waals surface area contributed by atoms with E-state index in [1.165, 1.54) is 25.7 Å². The number of hydrogen-bond acceptors (Lipinski definition) is 1. The van der Waals surface area contributed by atoms with Crippen LogP contribution in [0.5, 0.6) is 0 Å². The molecular weight excluding hydrogens is 208 g/mol. The molecule has 0 radical (unpaired) electrons. The quantitative estimate of drug-likeness (QED) is 0.623. The molecule has 1 fully saturated rings. The average Bonchev–Trinajstić information content (AvgIpc) is 2.18. The van der Waals surface area contributed by atoms with Gasteiger partial charge in [-0.3, -0.25) is 0 Å². The first-order chi connectivity index (χ1) is 7.22. The van der Waals surface area contributed by atoms with Gasteiger partial charge in [-0.05, 0) is 37.5 Å². The van der Waals surface area contributed by atoms with Gasteiger partial charge in [0.15, 0.2) is 0 Å². The fourth-order valence-corrected chi connectivity index (χ4v) is 2.67. The Kier molecular flexibility index (Phi) is 6.67. The van der Waals surface area contributed by atoms with E-state index in [1.54, 1.807) is 0 Å². The lowest BCUT2D eigenvalue weighted by Crippen LogP contribution is -2.22. The van der Waals surface area contributed by atoms with Crippen molar-refractivity contribution in [1.82, 2.24) is 0 Å². The number of halogens is 1. The highest BCUT2D eigenvalue weighted by Crippen LogP contribution is 2.26. The SMILES string of the molecule is CC(CCCl)CCOC1CCCC(C)C1. The van der Waals surface area contributed by atoms with Crippen molar-refractivity contribution in [2.45, 2.75) is 58.5 Å². The molecule has 1 aliphatic carbocycles. The lowest BCUT2D eigenvalue weighted by molar-refractivity contribution is 0.00990. The number of alkyl halides is 1. The summed E-state index contributed by atoms with van der Waals surface area (Å²) in [7, 11) is 0. The van der Waals surface area contributed by atoms with E-state index in [0.717, 1.165) is 31.2 Å². The summed E-state index contributed by atoms with van der Waals surface area (Å²) in [4.78, 5) is 0. The van der Waals surface area contributed by atoms with Crippen LogP contribution in [0.15, 0.2) is 0 Å². The molecule has 15 heavy (non-hydrogen) atoms. The summed E-state index contributed by atoms with van der Waals surface area (Å²) in [5, 5.41) is 0. The maximum atomic E-state index is 5.93. The largest absolute Gasteiger partial charge is 0.378 e. The summed E-state index contributed by atoms with van der Waals surface area (Å²) >= 11 is 5.70.